The number of rotatable bonds is 4. The highest BCUT2D eigenvalue weighted by Crippen LogP contribution is 2.53. The van der Waals surface area contributed by atoms with Crippen molar-refractivity contribution in [3.63, 3.8) is 0 Å². The van der Waals surface area contributed by atoms with E-state index in [-0.39, 0.29) is 11.8 Å². The summed E-state index contributed by atoms with van der Waals surface area (Å²) in [6, 6.07) is 24.7. The van der Waals surface area contributed by atoms with Crippen molar-refractivity contribution in [2.24, 2.45) is 11.8 Å². The van der Waals surface area contributed by atoms with Crippen molar-refractivity contribution in [2.45, 2.75) is 12.1 Å². The van der Waals surface area contributed by atoms with Crippen molar-refractivity contribution in [1.29, 1.82) is 0 Å². The number of methoxy groups -OCH3 is 1. The van der Waals surface area contributed by atoms with Gasteiger partial charge in [-0.2, -0.15) is 0 Å². The summed E-state index contributed by atoms with van der Waals surface area (Å²) in [5.41, 5.74) is 2.77. The number of carbonyl (C=O) groups is 3. The molecule has 2 saturated heterocycles. The monoisotopic (exact) mass is 549 g/mol. The van der Waals surface area contributed by atoms with Crippen LogP contribution in [-0.4, -0.2) is 35.8 Å². The van der Waals surface area contributed by atoms with Crippen molar-refractivity contribution in [3.8, 4) is 5.75 Å². The highest BCUT2D eigenvalue weighted by atomic mass is 35.5. The normalized spacial score (nSPS) is 22.8. The zero-order chi connectivity index (χ0) is 27.5. The van der Waals surface area contributed by atoms with Gasteiger partial charge in [0.2, 0.25) is 17.7 Å². The summed E-state index contributed by atoms with van der Waals surface area (Å²) in [6.07, 6.45) is 3.74. The Morgan fingerprint density at radius 3 is 2.45 bits per heavy atom. The van der Waals surface area contributed by atoms with Gasteiger partial charge in [-0.15, -0.1) is 0 Å². The third-order valence-corrected chi connectivity index (χ3v) is 8.38. The molecule has 3 heterocycles. The van der Waals surface area contributed by atoms with Gasteiger partial charge in [0.1, 0.15) is 11.8 Å². The first-order valence-electron chi connectivity index (χ1n) is 13.0. The van der Waals surface area contributed by atoms with Gasteiger partial charge >= 0.3 is 0 Å². The van der Waals surface area contributed by atoms with Gasteiger partial charge in [-0.3, -0.25) is 14.4 Å². The molecule has 4 aromatic carbocycles. The van der Waals surface area contributed by atoms with E-state index in [4.69, 9.17) is 16.3 Å². The molecule has 1 N–H and O–H groups in total. The lowest BCUT2D eigenvalue weighted by atomic mass is 9.84. The number of fused-ring (bicyclic) bond motifs is 6. The average Bonchev–Trinajstić information content (AvgIpc) is 3.45. The van der Waals surface area contributed by atoms with Gasteiger partial charge in [0.25, 0.3) is 0 Å². The van der Waals surface area contributed by atoms with Crippen molar-refractivity contribution >= 4 is 57.5 Å². The zero-order valence-corrected chi connectivity index (χ0v) is 22.2. The van der Waals surface area contributed by atoms with E-state index in [9.17, 15) is 14.4 Å². The lowest BCUT2D eigenvalue weighted by molar-refractivity contribution is -0.128. The molecule has 4 atom stereocenters. The molecule has 8 heteroatoms. The van der Waals surface area contributed by atoms with Gasteiger partial charge in [-0.05, 0) is 58.3 Å². The smallest absolute Gasteiger partial charge is 0.248 e. The number of halogens is 1. The van der Waals surface area contributed by atoms with Gasteiger partial charge in [-0.25, -0.2) is 4.90 Å². The van der Waals surface area contributed by atoms with E-state index in [1.165, 1.54) is 12.0 Å². The van der Waals surface area contributed by atoms with Crippen LogP contribution in [0.25, 0.3) is 16.8 Å². The lowest BCUT2D eigenvalue weighted by Crippen LogP contribution is -2.46. The Labute approximate surface area is 235 Å². The maximum absolute atomic E-state index is 14.2. The molecular weight excluding hydrogens is 526 g/mol. The molecule has 7 nitrogen and oxygen atoms in total. The molecule has 0 saturated carbocycles. The molecule has 0 spiro atoms. The largest absolute Gasteiger partial charge is 0.495 e. The number of hydrogen-bond acceptors (Lipinski definition) is 5. The van der Waals surface area contributed by atoms with Crippen molar-refractivity contribution in [2.75, 3.05) is 17.3 Å². The first-order valence-corrected chi connectivity index (χ1v) is 13.4. The van der Waals surface area contributed by atoms with E-state index in [0.29, 0.717) is 22.1 Å². The quantitative estimate of drug-likeness (QED) is 0.333. The highest BCUT2D eigenvalue weighted by molar-refractivity contribution is 6.31. The topological polar surface area (TPSA) is 79.0 Å². The molecule has 198 valence electrons. The van der Waals surface area contributed by atoms with Crippen LogP contribution in [0, 0.1) is 11.8 Å². The Hall–Kier alpha value is -4.62. The molecule has 4 aromatic rings. The summed E-state index contributed by atoms with van der Waals surface area (Å²) in [5.74, 6) is -2.28. The molecule has 0 radical (unpaired) electrons. The third kappa shape index (κ3) is 3.62. The van der Waals surface area contributed by atoms with Crippen LogP contribution in [0.3, 0.4) is 0 Å². The van der Waals surface area contributed by atoms with E-state index in [0.717, 1.165) is 21.9 Å². The summed E-state index contributed by atoms with van der Waals surface area (Å²) in [4.78, 5) is 45.4. The standard InChI is InChI=1S/C32H24ClN3O4/c1-40-25-13-11-21(33)17-24(25)34-30(37)29-27-26(28-23-9-5-4-7-19(23)14-15-35(28)29)31(38)36(32(27)39)22-12-10-18-6-2-3-8-20(18)16-22/h2-17,26-29H,1H3,(H,34,37)/t26-,27+,28+,29-/m0/s1. The van der Waals surface area contributed by atoms with Gasteiger partial charge < -0.3 is 15.0 Å². The molecule has 0 bridgehead atoms. The molecular formula is C32H24ClN3O4. The number of ether oxygens (including phenoxy) is 1. The van der Waals surface area contributed by atoms with Crippen molar-refractivity contribution in [3.05, 3.63) is 107 Å². The minimum Gasteiger partial charge on any atom is -0.495 e. The number of nitrogens with one attached hydrogen (secondary N) is 1. The van der Waals surface area contributed by atoms with Crippen LogP contribution in [0.4, 0.5) is 11.4 Å². The Kier molecular flexibility index (Phi) is 5.64. The Balaban J connectivity index is 1.33. The molecule has 3 aliphatic heterocycles. The number of carbonyl (C=O) groups excluding carboxylic acids is 3. The number of nitrogens with zero attached hydrogens (tertiary/aromatic N) is 2. The molecule has 3 amide bonds. The summed E-state index contributed by atoms with van der Waals surface area (Å²) < 4.78 is 5.42. The van der Waals surface area contributed by atoms with E-state index >= 15 is 0 Å². The number of benzene rings is 4. The van der Waals surface area contributed by atoms with Crippen LogP contribution < -0.4 is 15.0 Å². The Bertz CT molecular complexity index is 1750. The Morgan fingerprint density at radius 2 is 1.62 bits per heavy atom. The van der Waals surface area contributed by atoms with E-state index in [1.807, 2.05) is 77.8 Å². The van der Waals surface area contributed by atoms with Crippen LogP contribution in [0.15, 0.2) is 91.1 Å². The fourth-order valence-electron chi connectivity index (χ4n) is 6.41. The SMILES string of the molecule is COc1ccc(Cl)cc1NC(=O)[C@@H]1[C@@H]2C(=O)N(c3ccc4ccccc4c3)C(=O)[C@@H]2[C@H]2c3ccccc3C=CN12. The molecule has 40 heavy (non-hydrogen) atoms. The first kappa shape index (κ1) is 24.4. The van der Waals surface area contributed by atoms with Crippen LogP contribution in [0.5, 0.6) is 5.75 Å². The highest BCUT2D eigenvalue weighted by Gasteiger charge is 2.64. The fourth-order valence-corrected chi connectivity index (χ4v) is 6.58. The molecule has 0 unspecified atom stereocenters. The predicted octanol–water partition coefficient (Wildman–Crippen LogP) is 5.66. The summed E-state index contributed by atoms with van der Waals surface area (Å²) in [7, 11) is 1.51. The van der Waals surface area contributed by atoms with E-state index in [1.54, 1.807) is 24.3 Å². The van der Waals surface area contributed by atoms with Crippen LogP contribution in [0.1, 0.15) is 17.2 Å². The Morgan fingerprint density at radius 1 is 0.875 bits per heavy atom. The fraction of sp³-hybridized carbons (Fsp3) is 0.156. The summed E-state index contributed by atoms with van der Waals surface area (Å²) in [6.45, 7) is 0. The van der Waals surface area contributed by atoms with Gasteiger partial charge in [-0.1, -0.05) is 66.2 Å². The van der Waals surface area contributed by atoms with Gasteiger partial charge in [0, 0.05) is 11.2 Å². The van der Waals surface area contributed by atoms with Crippen LogP contribution >= 0.6 is 11.6 Å². The number of anilines is 2. The van der Waals surface area contributed by atoms with Crippen molar-refractivity contribution in [1.82, 2.24) is 4.90 Å². The zero-order valence-electron chi connectivity index (χ0n) is 21.5. The van der Waals surface area contributed by atoms with Crippen LogP contribution in [0.2, 0.25) is 5.02 Å². The second kappa shape index (κ2) is 9.24. The maximum Gasteiger partial charge on any atom is 0.248 e. The van der Waals surface area contributed by atoms with Gasteiger partial charge in [0.15, 0.2) is 0 Å². The molecule has 7 rings (SSSR count). The minimum absolute atomic E-state index is 0.305. The second-order valence-corrected chi connectivity index (χ2v) is 10.6. The summed E-state index contributed by atoms with van der Waals surface area (Å²) in [5, 5.41) is 5.29. The maximum atomic E-state index is 14.2. The van der Waals surface area contributed by atoms with E-state index in [2.05, 4.69) is 5.32 Å². The molecule has 0 aromatic heterocycles. The predicted molar refractivity (Wildman–Crippen MR) is 154 cm³/mol. The van der Waals surface area contributed by atoms with Crippen LogP contribution in [-0.2, 0) is 14.4 Å². The molecule has 2 fully saturated rings. The lowest BCUT2D eigenvalue weighted by Gasteiger charge is -2.35. The first-order chi connectivity index (χ1) is 19.5. The third-order valence-electron chi connectivity index (χ3n) is 8.14. The van der Waals surface area contributed by atoms with Gasteiger partial charge in [0.05, 0.1) is 36.4 Å². The van der Waals surface area contributed by atoms with E-state index < -0.39 is 29.8 Å². The second-order valence-electron chi connectivity index (χ2n) is 10.2. The number of amides is 3. The molecule has 3 aliphatic rings. The average molecular weight is 550 g/mol. The molecule has 0 aliphatic carbocycles. The van der Waals surface area contributed by atoms with Crippen molar-refractivity contribution < 1.29 is 19.1 Å². The minimum atomic E-state index is -0.926. The number of imide groups is 1. The number of hydrogen-bond donors (Lipinski definition) is 1. The summed E-state index contributed by atoms with van der Waals surface area (Å²) >= 11 is 6.21.